The second-order valence-electron chi connectivity index (χ2n) is 5.95. The van der Waals surface area contributed by atoms with Gasteiger partial charge in [0.25, 0.3) is 5.91 Å². The average molecular weight is 262 g/mol. The van der Waals surface area contributed by atoms with Crippen molar-refractivity contribution in [2.24, 2.45) is 0 Å². The van der Waals surface area contributed by atoms with Gasteiger partial charge in [0.15, 0.2) is 0 Å². The van der Waals surface area contributed by atoms with E-state index in [1.807, 2.05) is 44.7 Å². The van der Waals surface area contributed by atoms with Gasteiger partial charge in [0, 0.05) is 24.3 Å². The van der Waals surface area contributed by atoms with Crippen LogP contribution in [0.4, 0.5) is 5.69 Å². The molecule has 0 saturated carbocycles. The molecule has 4 nitrogen and oxygen atoms in total. The van der Waals surface area contributed by atoms with Gasteiger partial charge in [0.05, 0.1) is 11.7 Å². The van der Waals surface area contributed by atoms with Crippen molar-refractivity contribution in [1.82, 2.24) is 4.90 Å². The fraction of sp³-hybridized carbons (Fsp3) is 0.533. The summed E-state index contributed by atoms with van der Waals surface area (Å²) in [4.78, 5) is 14.5. The lowest BCUT2D eigenvalue weighted by Gasteiger charge is -2.41. The zero-order chi connectivity index (χ0) is 14.2. The van der Waals surface area contributed by atoms with Gasteiger partial charge >= 0.3 is 0 Å². The number of amides is 1. The van der Waals surface area contributed by atoms with Crippen LogP contribution >= 0.6 is 0 Å². The van der Waals surface area contributed by atoms with E-state index in [-0.39, 0.29) is 17.6 Å². The minimum Gasteiger partial charge on any atom is -0.399 e. The molecule has 1 aromatic carbocycles. The second kappa shape index (κ2) is 4.85. The molecule has 1 atom stereocenters. The number of benzene rings is 1. The Balaban J connectivity index is 2.26. The van der Waals surface area contributed by atoms with Crippen molar-refractivity contribution < 1.29 is 9.53 Å². The predicted molar refractivity (Wildman–Crippen MR) is 76.1 cm³/mol. The molecule has 1 fully saturated rings. The van der Waals surface area contributed by atoms with Gasteiger partial charge in [-0.15, -0.1) is 0 Å². The Labute approximate surface area is 114 Å². The van der Waals surface area contributed by atoms with Crippen molar-refractivity contribution in [3.05, 3.63) is 29.3 Å². The second-order valence-corrected chi connectivity index (χ2v) is 5.95. The fourth-order valence-corrected chi connectivity index (χ4v) is 2.65. The number of nitrogens with two attached hydrogens (primary N) is 1. The highest BCUT2D eigenvalue weighted by Gasteiger charge is 2.34. The number of anilines is 1. The Morgan fingerprint density at radius 3 is 2.79 bits per heavy atom. The SMILES string of the molecule is Cc1ccc(N)cc1C(=O)N1CC(C)OC(C)(C)C1. The fourth-order valence-electron chi connectivity index (χ4n) is 2.65. The lowest BCUT2D eigenvalue weighted by Crippen LogP contribution is -2.53. The minimum atomic E-state index is -0.304. The highest BCUT2D eigenvalue weighted by molar-refractivity contribution is 5.96. The molecular weight excluding hydrogens is 240 g/mol. The van der Waals surface area contributed by atoms with Crippen molar-refractivity contribution in [1.29, 1.82) is 0 Å². The van der Waals surface area contributed by atoms with Gasteiger partial charge in [-0.3, -0.25) is 4.79 Å². The normalized spacial score (nSPS) is 22.3. The maximum atomic E-state index is 12.6. The van der Waals surface area contributed by atoms with Crippen molar-refractivity contribution in [3.63, 3.8) is 0 Å². The molecule has 1 aromatic rings. The lowest BCUT2D eigenvalue weighted by atomic mass is 10.0. The third kappa shape index (κ3) is 3.07. The summed E-state index contributed by atoms with van der Waals surface area (Å²) in [7, 11) is 0. The van der Waals surface area contributed by atoms with E-state index in [9.17, 15) is 4.79 Å². The zero-order valence-corrected chi connectivity index (χ0v) is 12.1. The van der Waals surface area contributed by atoms with Crippen LogP contribution in [-0.2, 0) is 4.74 Å². The first-order valence-corrected chi connectivity index (χ1v) is 6.62. The summed E-state index contributed by atoms with van der Waals surface area (Å²) >= 11 is 0. The smallest absolute Gasteiger partial charge is 0.254 e. The molecule has 1 heterocycles. The van der Waals surface area contributed by atoms with Gasteiger partial charge in [-0.2, -0.15) is 0 Å². The van der Waals surface area contributed by atoms with Crippen LogP contribution in [0.5, 0.6) is 0 Å². The van der Waals surface area contributed by atoms with Crippen LogP contribution in [-0.4, -0.2) is 35.6 Å². The summed E-state index contributed by atoms with van der Waals surface area (Å²) in [5.74, 6) is 0.0352. The van der Waals surface area contributed by atoms with Crippen LogP contribution in [0.3, 0.4) is 0 Å². The Morgan fingerprint density at radius 1 is 1.47 bits per heavy atom. The molecule has 0 radical (unpaired) electrons. The highest BCUT2D eigenvalue weighted by Crippen LogP contribution is 2.23. The van der Waals surface area contributed by atoms with E-state index >= 15 is 0 Å². The maximum Gasteiger partial charge on any atom is 0.254 e. The monoisotopic (exact) mass is 262 g/mol. The molecule has 2 N–H and O–H groups in total. The number of hydrogen-bond donors (Lipinski definition) is 1. The Hall–Kier alpha value is -1.55. The maximum absolute atomic E-state index is 12.6. The molecule has 1 saturated heterocycles. The molecule has 19 heavy (non-hydrogen) atoms. The summed E-state index contributed by atoms with van der Waals surface area (Å²) in [6.45, 7) is 9.17. The number of ether oxygens (including phenoxy) is 1. The standard InChI is InChI=1S/C15H22N2O2/c1-10-5-6-12(16)7-13(10)14(18)17-8-11(2)19-15(3,4)9-17/h5-7,11H,8-9,16H2,1-4H3. The van der Waals surface area contributed by atoms with Gasteiger partial charge in [0.1, 0.15) is 0 Å². The van der Waals surface area contributed by atoms with Crippen LogP contribution in [0, 0.1) is 6.92 Å². The molecule has 1 aliphatic rings. The third-order valence-corrected chi connectivity index (χ3v) is 3.35. The van der Waals surface area contributed by atoms with E-state index in [1.54, 1.807) is 6.07 Å². The van der Waals surface area contributed by atoms with Crippen molar-refractivity contribution in [3.8, 4) is 0 Å². The van der Waals surface area contributed by atoms with Crippen LogP contribution in [0.25, 0.3) is 0 Å². The third-order valence-electron chi connectivity index (χ3n) is 3.35. The molecule has 2 rings (SSSR count). The van der Waals surface area contributed by atoms with Gasteiger partial charge in [-0.25, -0.2) is 0 Å². The molecule has 0 aliphatic carbocycles. The summed E-state index contributed by atoms with van der Waals surface area (Å²) < 4.78 is 5.83. The van der Waals surface area contributed by atoms with Crippen LogP contribution in [0.15, 0.2) is 18.2 Å². The lowest BCUT2D eigenvalue weighted by molar-refractivity contribution is -0.118. The quantitative estimate of drug-likeness (QED) is 0.789. The summed E-state index contributed by atoms with van der Waals surface area (Å²) in [5.41, 5.74) is 7.74. The number of nitrogen functional groups attached to an aromatic ring is 1. The molecule has 1 aliphatic heterocycles. The van der Waals surface area contributed by atoms with Crippen LogP contribution in [0.2, 0.25) is 0 Å². The number of morpholine rings is 1. The van der Waals surface area contributed by atoms with Crippen LogP contribution in [0.1, 0.15) is 36.7 Å². The first kappa shape index (κ1) is 13.9. The van der Waals surface area contributed by atoms with E-state index in [0.717, 1.165) is 5.56 Å². The first-order valence-electron chi connectivity index (χ1n) is 6.62. The molecule has 1 unspecified atom stereocenters. The van der Waals surface area contributed by atoms with Crippen molar-refractivity contribution >= 4 is 11.6 Å². The zero-order valence-electron chi connectivity index (χ0n) is 12.1. The van der Waals surface area contributed by atoms with E-state index in [4.69, 9.17) is 10.5 Å². The van der Waals surface area contributed by atoms with Gasteiger partial charge in [-0.1, -0.05) is 6.07 Å². The molecule has 4 heteroatoms. The summed E-state index contributed by atoms with van der Waals surface area (Å²) in [6.07, 6.45) is 0.0501. The summed E-state index contributed by atoms with van der Waals surface area (Å²) in [5, 5.41) is 0. The van der Waals surface area contributed by atoms with Crippen LogP contribution < -0.4 is 5.73 Å². The highest BCUT2D eigenvalue weighted by atomic mass is 16.5. The number of hydrogen-bond acceptors (Lipinski definition) is 3. The minimum absolute atomic E-state index is 0.0352. The molecule has 1 amide bonds. The Kier molecular flexibility index (Phi) is 3.54. The molecule has 0 bridgehead atoms. The molecule has 0 spiro atoms. The Bertz CT molecular complexity index is 497. The average Bonchev–Trinajstić information content (AvgIpc) is 2.29. The first-order chi connectivity index (χ1) is 8.78. The predicted octanol–water partition coefficient (Wildman–Crippen LogP) is 2.22. The van der Waals surface area contributed by atoms with Gasteiger partial charge in [-0.05, 0) is 45.4 Å². The molecule has 0 aromatic heterocycles. The number of nitrogens with zero attached hydrogens (tertiary/aromatic N) is 1. The van der Waals surface area contributed by atoms with Crippen molar-refractivity contribution in [2.45, 2.75) is 39.4 Å². The van der Waals surface area contributed by atoms with E-state index in [0.29, 0.717) is 24.3 Å². The van der Waals surface area contributed by atoms with E-state index < -0.39 is 0 Å². The number of carbonyl (C=O) groups excluding carboxylic acids is 1. The summed E-state index contributed by atoms with van der Waals surface area (Å²) in [6, 6.07) is 5.46. The van der Waals surface area contributed by atoms with E-state index in [2.05, 4.69) is 0 Å². The van der Waals surface area contributed by atoms with Crippen molar-refractivity contribution in [2.75, 3.05) is 18.8 Å². The number of carbonyl (C=O) groups is 1. The van der Waals surface area contributed by atoms with E-state index in [1.165, 1.54) is 0 Å². The Morgan fingerprint density at radius 2 is 2.16 bits per heavy atom. The van der Waals surface area contributed by atoms with Gasteiger partial charge in [0.2, 0.25) is 0 Å². The van der Waals surface area contributed by atoms with Gasteiger partial charge < -0.3 is 15.4 Å². The molecular formula is C15H22N2O2. The largest absolute Gasteiger partial charge is 0.399 e. The number of aryl methyl sites for hydroxylation is 1. The number of rotatable bonds is 1. The topological polar surface area (TPSA) is 55.6 Å². The molecule has 104 valence electrons.